The van der Waals surface area contributed by atoms with Crippen molar-refractivity contribution in [1.82, 2.24) is 0 Å². The maximum Gasteiger partial charge on any atom is 0.306 e. The first-order valence-corrected chi connectivity index (χ1v) is 14.6. The van der Waals surface area contributed by atoms with Crippen LogP contribution in [0.5, 0.6) is 0 Å². The predicted octanol–water partition coefficient (Wildman–Crippen LogP) is 7.96. The average Bonchev–Trinajstić information content (AvgIpc) is 3.16. The fraction of sp³-hybridized carbons (Fsp3) is 0.871. The van der Waals surface area contributed by atoms with E-state index in [9.17, 15) is 9.59 Å². The maximum absolute atomic E-state index is 12.5. The third-order valence-electron chi connectivity index (χ3n) is 11.9. The molecule has 0 radical (unpaired) electrons. The van der Waals surface area contributed by atoms with Crippen LogP contribution in [0.15, 0.2) is 11.1 Å². The summed E-state index contributed by atoms with van der Waals surface area (Å²) in [4.78, 5) is 24.9. The van der Waals surface area contributed by atoms with Crippen molar-refractivity contribution in [2.24, 2.45) is 34.0 Å². The first kappa shape index (κ1) is 24.6. The summed E-state index contributed by atoms with van der Waals surface area (Å²) < 4.78 is 5.81. The molecule has 0 aliphatic heterocycles. The number of Topliss-reactive ketones (excluding diaryl/α,β-unsaturated/α-hetero) is 1. The lowest BCUT2D eigenvalue weighted by atomic mass is 9.45. The molecule has 5 aliphatic rings. The molecule has 34 heavy (non-hydrogen) atoms. The fourth-order valence-corrected chi connectivity index (χ4v) is 9.53. The molecule has 3 saturated carbocycles. The van der Waals surface area contributed by atoms with E-state index < -0.39 is 0 Å². The van der Waals surface area contributed by atoms with Gasteiger partial charge < -0.3 is 4.74 Å². The van der Waals surface area contributed by atoms with Gasteiger partial charge in [0.1, 0.15) is 11.9 Å². The van der Waals surface area contributed by atoms with Crippen molar-refractivity contribution in [3.63, 3.8) is 0 Å². The smallest absolute Gasteiger partial charge is 0.306 e. The number of esters is 1. The summed E-state index contributed by atoms with van der Waals surface area (Å²) >= 11 is 0. The molecule has 0 bridgehead atoms. The second-order valence-electron chi connectivity index (χ2n) is 13.6. The van der Waals surface area contributed by atoms with Crippen molar-refractivity contribution in [2.45, 2.75) is 137 Å². The number of allylic oxidation sites excluding steroid dienone is 2. The third kappa shape index (κ3) is 4.01. The fourth-order valence-electron chi connectivity index (χ4n) is 9.53. The van der Waals surface area contributed by atoms with Gasteiger partial charge in [0.15, 0.2) is 0 Å². The van der Waals surface area contributed by atoms with Gasteiger partial charge in [0, 0.05) is 19.3 Å². The van der Waals surface area contributed by atoms with Crippen molar-refractivity contribution < 1.29 is 14.3 Å². The molecule has 0 aromatic carbocycles. The van der Waals surface area contributed by atoms with E-state index in [1.807, 2.05) is 0 Å². The second-order valence-corrected chi connectivity index (χ2v) is 13.6. The Hall–Kier alpha value is -1.12. The molecular weight excluding hydrogens is 420 g/mol. The number of carbonyl (C=O) groups excluding carboxylic acids is 2. The van der Waals surface area contributed by atoms with Gasteiger partial charge in [0.25, 0.3) is 0 Å². The van der Waals surface area contributed by atoms with Crippen molar-refractivity contribution in [2.75, 3.05) is 0 Å². The molecule has 0 N–H and O–H groups in total. The molecular formula is C31H48O3. The van der Waals surface area contributed by atoms with E-state index in [0.29, 0.717) is 29.5 Å². The Balaban J connectivity index is 1.26. The van der Waals surface area contributed by atoms with E-state index >= 15 is 0 Å². The molecule has 3 fully saturated rings. The lowest BCUT2D eigenvalue weighted by Gasteiger charge is -2.59. The Morgan fingerprint density at radius 3 is 2.50 bits per heavy atom. The Bertz CT molecular complexity index is 851. The van der Waals surface area contributed by atoms with Crippen LogP contribution < -0.4 is 0 Å². The largest absolute Gasteiger partial charge is 0.462 e. The zero-order chi connectivity index (χ0) is 24.1. The normalized spacial score (nSPS) is 41.5. The van der Waals surface area contributed by atoms with Crippen molar-refractivity contribution >= 4 is 11.8 Å². The van der Waals surface area contributed by atoms with Gasteiger partial charge in [-0.2, -0.15) is 0 Å². The number of hydrogen-bond acceptors (Lipinski definition) is 3. The van der Waals surface area contributed by atoms with Crippen LogP contribution >= 0.6 is 0 Å². The number of ether oxygens (including phenoxy) is 1. The minimum absolute atomic E-state index is 0.0402. The summed E-state index contributed by atoms with van der Waals surface area (Å²) in [5, 5.41) is 0. The van der Waals surface area contributed by atoms with Crippen LogP contribution in [0.4, 0.5) is 0 Å². The highest BCUT2D eigenvalue weighted by Crippen LogP contribution is 2.68. The summed E-state index contributed by atoms with van der Waals surface area (Å²) in [6.07, 6.45) is 17.8. The van der Waals surface area contributed by atoms with Gasteiger partial charge in [-0.25, -0.2) is 0 Å². The van der Waals surface area contributed by atoms with E-state index in [1.54, 1.807) is 11.1 Å². The summed E-state index contributed by atoms with van der Waals surface area (Å²) in [5.74, 6) is 2.53. The summed E-state index contributed by atoms with van der Waals surface area (Å²) in [6.45, 7) is 9.90. The highest BCUT2D eigenvalue weighted by Gasteiger charge is 2.59. The molecule has 0 saturated heterocycles. The molecule has 3 nitrogen and oxygen atoms in total. The standard InChI is InChI=1S/C31H48O3/c1-21(10-13-28(33)34-23-8-6-5-7-9-23)25-11-12-26-24-15-17-29(2)20-22(32)14-19-31(29,4)27(24)16-18-30(25,26)3/h21,23,25-26H,5-20H2,1-4H3/t21-,25-,26+,29-,30-,31-/m1/s1. The summed E-state index contributed by atoms with van der Waals surface area (Å²) in [6, 6.07) is 0. The molecule has 0 aromatic heterocycles. The predicted molar refractivity (Wildman–Crippen MR) is 136 cm³/mol. The minimum Gasteiger partial charge on any atom is -0.462 e. The van der Waals surface area contributed by atoms with Gasteiger partial charge in [-0.15, -0.1) is 0 Å². The van der Waals surface area contributed by atoms with Crippen LogP contribution in [0.25, 0.3) is 0 Å². The topological polar surface area (TPSA) is 43.4 Å². The molecule has 0 amide bonds. The molecule has 0 aromatic rings. The summed E-state index contributed by atoms with van der Waals surface area (Å²) in [7, 11) is 0. The van der Waals surface area contributed by atoms with E-state index in [1.165, 1.54) is 57.8 Å². The van der Waals surface area contributed by atoms with Gasteiger partial charge in [0.2, 0.25) is 0 Å². The Labute approximate surface area is 207 Å². The maximum atomic E-state index is 12.5. The van der Waals surface area contributed by atoms with Crippen LogP contribution in [0.2, 0.25) is 0 Å². The van der Waals surface area contributed by atoms with Gasteiger partial charge in [-0.05, 0) is 111 Å². The number of carbonyl (C=O) groups is 2. The van der Waals surface area contributed by atoms with Crippen LogP contribution in [0.3, 0.4) is 0 Å². The molecule has 5 rings (SSSR count). The first-order valence-electron chi connectivity index (χ1n) is 14.6. The van der Waals surface area contributed by atoms with Gasteiger partial charge in [0.05, 0.1) is 0 Å². The van der Waals surface area contributed by atoms with Crippen LogP contribution in [0, 0.1) is 34.0 Å². The minimum atomic E-state index is 0.0402. The Morgan fingerprint density at radius 2 is 1.74 bits per heavy atom. The summed E-state index contributed by atoms with van der Waals surface area (Å²) in [5.41, 5.74) is 4.33. The lowest BCUT2D eigenvalue weighted by molar-refractivity contribution is -0.151. The van der Waals surface area contributed by atoms with Gasteiger partial charge >= 0.3 is 5.97 Å². The highest BCUT2D eigenvalue weighted by atomic mass is 16.5. The number of rotatable bonds is 5. The van der Waals surface area contributed by atoms with Crippen LogP contribution in [-0.4, -0.2) is 17.9 Å². The zero-order valence-electron chi connectivity index (χ0n) is 22.3. The molecule has 190 valence electrons. The van der Waals surface area contributed by atoms with Gasteiger partial charge in [-0.1, -0.05) is 45.3 Å². The zero-order valence-corrected chi connectivity index (χ0v) is 22.3. The Kier molecular flexibility index (Phi) is 6.56. The number of fused-ring (bicyclic) bond motifs is 4. The average molecular weight is 469 g/mol. The third-order valence-corrected chi connectivity index (χ3v) is 11.9. The number of ketones is 1. The van der Waals surface area contributed by atoms with Crippen LogP contribution in [0.1, 0.15) is 130 Å². The van der Waals surface area contributed by atoms with E-state index in [0.717, 1.165) is 44.4 Å². The van der Waals surface area contributed by atoms with Crippen LogP contribution in [-0.2, 0) is 14.3 Å². The highest BCUT2D eigenvalue weighted by molar-refractivity contribution is 5.80. The SMILES string of the molecule is C[C@H](CCC(=O)OC1CCCCC1)[C@H]1CC[C@H]2C3=C(CC[C@]12C)[C@@]1(C)CCC(=O)C[C@@]1(C)CC3. The molecule has 0 heterocycles. The van der Waals surface area contributed by atoms with Crippen molar-refractivity contribution in [3.05, 3.63) is 11.1 Å². The molecule has 3 heteroatoms. The second kappa shape index (κ2) is 9.07. The monoisotopic (exact) mass is 468 g/mol. The number of hydrogen-bond donors (Lipinski definition) is 0. The van der Waals surface area contributed by atoms with Crippen molar-refractivity contribution in [3.8, 4) is 0 Å². The first-order chi connectivity index (χ1) is 16.2. The molecule has 0 spiro atoms. The van der Waals surface area contributed by atoms with E-state index in [2.05, 4.69) is 27.7 Å². The quantitative estimate of drug-likeness (QED) is 0.303. The molecule has 5 aliphatic carbocycles. The van der Waals surface area contributed by atoms with Crippen molar-refractivity contribution in [1.29, 1.82) is 0 Å². The molecule has 0 unspecified atom stereocenters. The van der Waals surface area contributed by atoms with E-state index in [-0.39, 0.29) is 22.9 Å². The van der Waals surface area contributed by atoms with E-state index in [4.69, 9.17) is 4.74 Å². The molecule has 6 atom stereocenters. The Morgan fingerprint density at radius 1 is 0.971 bits per heavy atom. The lowest BCUT2D eigenvalue weighted by Crippen LogP contribution is -2.50. The van der Waals surface area contributed by atoms with Gasteiger partial charge in [-0.3, -0.25) is 9.59 Å².